The van der Waals surface area contributed by atoms with Crippen LogP contribution in [0.4, 0.5) is 4.79 Å². The number of hydrogen-bond acceptors (Lipinski definition) is 3. The van der Waals surface area contributed by atoms with E-state index < -0.39 is 0 Å². The summed E-state index contributed by atoms with van der Waals surface area (Å²) in [5.41, 5.74) is 0. The minimum absolute atomic E-state index is 0.298. The Morgan fingerprint density at radius 1 is 1.14 bits per heavy atom. The van der Waals surface area contributed by atoms with Gasteiger partial charge in [-0.05, 0) is 69.0 Å². The third kappa shape index (κ3) is 8.24. The lowest BCUT2D eigenvalue weighted by Gasteiger charge is -2.31. The van der Waals surface area contributed by atoms with Crippen LogP contribution < -0.4 is 4.74 Å². The van der Waals surface area contributed by atoms with Crippen molar-refractivity contribution >= 4 is 17.7 Å². The Balaban J connectivity index is 1.61. The molecule has 0 aliphatic heterocycles. The van der Waals surface area contributed by atoms with Crippen molar-refractivity contribution in [1.29, 1.82) is 0 Å². The Morgan fingerprint density at radius 3 is 2.43 bits per heavy atom. The van der Waals surface area contributed by atoms with Gasteiger partial charge in [0.1, 0.15) is 5.75 Å². The molecule has 1 aromatic carbocycles. The fourth-order valence-corrected chi connectivity index (χ4v) is 4.10. The quantitative estimate of drug-likeness (QED) is 0.360. The van der Waals surface area contributed by atoms with E-state index in [0.29, 0.717) is 16.7 Å². The fourth-order valence-electron chi connectivity index (χ4n) is 3.97. The average molecular weight is 407 g/mol. The molecule has 0 radical (unpaired) electrons. The topological polar surface area (TPSA) is 32.8 Å². The Hall–Kier alpha value is -1.52. The summed E-state index contributed by atoms with van der Waals surface area (Å²) in [7, 11) is 3.98. The third-order valence-corrected chi connectivity index (χ3v) is 5.92. The van der Waals surface area contributed by atoms with Gasteiger partial charge < -0.3 is 14.5 Å². The first-order valence-corrected chi connectivity index (χ1v) is 10.8. The summed E-state index contributed by atoms with van der Waals surface area (Å²) in [4.78, 5) is 16.3. The molecule has 4 nitrogen and oxygen atoms in total. The van der Waals surface area contributed by atoms with E-state index in [4.69, 9.17) is 16.3 Å². The molecular weight excluding hydrogens is 372 g/mol. The second-order valence-corrected chi connectivity index (χ2v) is 8.57. The molecular formula is C23H35ClN2O2. The van der Waals surface area contributed by atoms with E-state index in [-0.39, 0.29) is 6.09 Å². The molecule has 0 spiro atoms. The number of rotatable bonds is 10. The monoisotopic (exact) mass is 406 g/mol. The number of unbranched alkanes of at least 4 members (excludes halogenated alkanes) is 1. The summed E-state index contributed by atoms with van der Waals surface area (Å²) in [6.45, 7) is 6.68. The molecule has 2 rings (SSSR count). The van der Waals surface area contributed by atoms with Crippen LogP contribution in [0.5, 0.6) is 5.75 Å². The van der Waals surface area contributed by atoms with Gasteiger partial charge in [0, 0.05) is 25.2 Å². The lowest BCUT2D eigenvalue weighted by atomic mass is 9.79. The van der Waals surface area contributed by atoms with Crippen LogP contribution in [-0.4, -0.2) is 49.6 Å². The zero-order valence-electron chi connectivity index (χ0n) is 17.4. The number of likely N-dealkylation sites (N-methyl/N-ethyl adjacent to an activating group) is 1. The van der Waals surface area contributed by atoms with Gasteiger partial charge in [-0.15, -0.1) is 6.58 Å². The first-order valence-electron chi connectivity index (χ1n) is 10.5. The normalized spacial score (nSPS) is 19.4. The maximum absolute atomic E-state index is 12.3. The smallest absolute Gasteiger partial charge is 0.410 e. The molecule has 1 fully saturated rings. The molecule has 0 saturated heterocycles. The summed E-state index contributed by atoms with van der Waals surface area (Å²) in [5.74, 6) is 1.97. The molecule has 0 bridgehead atoms. The highest BCUT2D eigenvalue weighted by Gasteiger charge is 2.24. The maximum Gasteiger partial charge on any atom is 0.414 e. The summed E-state index contributed by atoms with van der Waals surface area (Å²) < 4.78 is 5.41. The van der Waals surface area contributed by atoms with Gasteiger partial charge in [-0.3, -0.25) is 0 Å². The van der Waals surface area contributed by atoms with Gasteiger partial charge in [0.25, 0.3) is 0 Å². The van der Waals surface area contributed by atoms with Crippen molar-refractivity contribution in [1.82, 2.24) is 9.80 Å². The van der Waals surface area contributed by atoms with E-state index in [0.717, 1.165) is 25.6 Å². The highest BCUT2D eigenvalue weighted by Crippen LogP contribution is 2.32. The van der Waals surface area contributed by atoms with Crippen molar-refractivity contribution in [3.8, 4) is 5.75 Å². The van der Waals surface area contributed by atoms with Crippen molar-refractivity contribution in [2.24, 2.45) is 11.8 Å². The summed E-state index contributed by atoms with van der Waals surface area (Å²) in [6, 6.07) is 6.88. The Bertz CT molecular complexity index is 597. The molecule has 0 N–H and O–H groups in total. The van der Waals surface area contributed by atoms with Crippen LogP contribution in [0.3, 0.4) is 0 Å². The van der Waals surface area contributed by atoms with Gasteiger partial charge in [-0.2, -0.15) is 0 Å². The number of carbonyl (C=O) groups is 1. The van der Waals surface area contributed by atoms with Gasteiger partial charge in [0.05, 0.1) is 0 Å². The number of benzene rings is 1. The van der Waals surface area contributed by atoms with Gasteiger partial charge >= 0.3 is 6.09 Å². The first-order chi connectivity index (χ1) is 13.5. The Morgan fingerprint density at radius 2 is 1.79 bits per heavy atom. The molecule has 0 heterocycles. The lowest BCUT2D eigenvalue weighted by molar-refractivity contribution is 0.144. The molecule has 0 atom stereocenters. The van der Waals surface area contributed by atoms with Gasteiger partial charge in [0.15, 0.2) is 0 Å². The van der Waals surface area contributed by atoms with E-state index in [1.54, 1.807) is 29.2 Å². The van der Waals surface area contributed by atoms with Crippen LogP contribution in [0.25, 0.3) is 0 Å². The van der Waals surface area contributed by atoms with E-state index >= 15 is 0 Å². The number of hydrogen-bond donors (Lipinski definition) is 0. The highest BCUT2D eigenvalue weighted by molar-refractivity contribution is 6.30. The zero-order valence-corrected chi connectivity index (χ0v) is 18.2. The van der Waals surface area contributed by atoms with E-state index in [1.807, 2.05) is 13.1 Å². The summed E-state index contributed by atoms with van der Waals surface area (Å²) in [6.07, 6.45) is 10.6. The molecule has 1 aromatic rings. The molecule has 1 aliphatic carbocycles. The predicted molar refractivity (Wildman–Crippen MR) is 117 cm³/mol. The van der Waals surface area contributed by atoms with Gasteiger partial charge in [-0.1, -0.05) is 43.4 Å². The second-order valence-electron chi connectivity index (χ2n) is 8.14. The fraction of sp³-hybridized carbons (Fsp3) is 0.609. The maximum atomic E-state index is 12.3. The number of amides is 1. The molecule has 28 heavy (non-hydrogen) atoms. The largest absolute Gasteiger partial charge is 0.414 e. The molecule has 1 saturated carbocycles. The van der Waals surface area contributed by atoms with Crippen LogP contribution in [0.1, 0.15) is 44.9 Å². The standard InChI is InChI=1S/C23H35ClN2O2/c1-4-16-25(2)17-6-5-7-19-8-10-20(11-9-19)18-26(3)23(27)28-22-14-12-21(24)13-15-22/h4,12-15,19-20H,1,5-11,16-18H2,2-3H3/t19-,20-. The zero-order chi connectivity index (χ0) is 20.4. The van der Waals surface area contributed by atoms with Crippen molar-refractivity contribution in [3.63, 3.8) is 0 Å². The minimum Gasteiger partial charge on any atom is -0.410 e. The predicted octanol–water partition coefficient (Wildman–Crippen LogP) is 5.87. The van der Waals surface area contributed by atoms with Gasteiger partial charge in [0.2, 0.25) is 0 Å². The van der Waals surface area contributed by atoms with E-state index in [1.165, 1.54) is 44.9 Å². The summed E-state index contributed by atoms with van der Waals surface area (Å²) >= 11 is 5.86. The molecule has 5 heteroatoms. The summed E-state index contributed by atoms with van der Waals surface area (Å²) in [5, 5.41) is 0.633. The minimum atomic E-state index is -0.298. The second kappa shape index (κ2) is 12.1. The molecule has 0 aromatic heterocycles. The molecule has 0 unspecified atom stereocenters. The van der Waals surface area contributed by atoms with Crippen molar-refractivity contribution in [2.45, 2.75) is 44.9 Å². The molecule has 156 valence electrons. The van der Waals surface area contributed by atoms with Gasteiger partial charge in [-0.25, -0.2) is 4.79 Å². The van der Waals surface area contributed by atoms with Crippen LogP contribution in [-0.2, 0) is 0 Å². The Kier molecular flexibility index (Phi) is 9.86. The lowest BCUT2D eigenvalue weighted by Crippen LogP contribution is -2.35. The molecule has 1 aliphatic rings. The van der Waals surface area contributed by atoms with E-state index in [2.05, 4.69) is 18.5 Å². The van der Waals surface area contributed by atoms with Crippen molar-refractivity contribution in [3.05, 3.63) is 41.9 Å². The first kappa shape index (κ1) is 22.8. The van der Waals surface area contributed by atoms with Crippen LogP contribution in [0.15, 0.2) is 36.9 Å². The number of nitrogens with zero attached hydrogens (tertiary/aromatic N) is 2. The SMILES string of the molecule is C=CCN(C)CCCC[C@H]1CC[C@H](CN(C)C(=O)Oc2ccc(Cl)cc2)CC1. The average Bonchev–Trinajstić information content (AvgIpc) is 2.68. The number of halogens is 1. The Labute approximate surface area is 175 Å². The van der Waals surface area contributed by atoms with Crippen LogP contribution in [0.2, 0.25) is 5.02 Å². The van der Waals surface area contributed by atoms with E-state index in [9.17, 15) is 4.79 Å². The van der Waals surface area contributed by atoms with Crippen molar-refractivity contribution < 1.29 is 9.53 Å². The number of ether oxygens (including phenoxy) is 1. The van der Waals surface area contributed by atoms with Crippen molar-refractivity contribution in [2.75, 3.05) is 33.7 Å². The number of carbonyl (C=O) groups excluding carboxylic acids is 1. The van der Waals surface area contributed by atoms with Crippen LogP contribution in [0, 0.1) is 11.8 Å². The molecule has 1 amide bonds. The van der Waals surface area contributed by atoms with Crippen LogP contribution >= 0.6 is 11.6 Å². The third-order valence-electron chi connectivity index (χ3n) is 5.67. The highest BCUT2D eigenvalue weighted by atomic mass is 35.5.